The Balaban J connectivity index is 1.45. The van der Waals surface area contributed by atoms with E-state index in [9.17, 15) is 19.2 Å². The van der Waals surface area contributed by atoms with Gasteiger partial charge in [-0.1, -0.05) is 26.0 Å². The Kier molecular flexibility index (Phi) is 9.29. The molecule has 45 heavy (non-hydrogen) atoms. The molecule has 0 bridgehead atoms. The van der Waals surface area contributed by atoms with E-state index >= 15 is 0 Å². The predicted molar refractivity (Wildman–Crippen MR) is 176 cm³/mol. The Morgan fingerprint density at radius 3 is 2.31 bits per heavy atom. The number of anilines is 3. The van der Waals surface area contributed by atoms with Crippen molar-refractivity contribution in [2.75, 3.05) is 42.9 Å². The fourth-order valence-corrected chi connectivity index (χ4v) is 6.06. The van der Waals surface area contributed by atoms with Crippen LogP contribution in [0, 0.1) is 5.92 Å². The molecular formula is C34H35N5O5S. The van der Waals surface area contributed by atoms with Crippen LogP contribution in [0.3, 0.4) is 0 Å². The number of hydrogen-bond donors (Lipinski definition) is 1. The van der Waals surface area contributed by atoms with E-state index in [0.29, 0.717) is 16.4 Å². The monoisotopic (exact) mass is 625 g/mol. The van der Waals surface area contributed by atoms with Gasteiger partial charge in [0, 0.05) is 36.4 Å². The number of benzene rings is 3. The maximum atomic E-state index is 14.1. The zero-order valence-corrected chi connectivity index (χ0v) is 26.6. The zero-order valence-electron chi connectivity index (χ0n) is 25.8. The average Bonchev–Trinajstić information content (AvgIpc) is 3.59. The van der Waals surface area contributed by atoms with Crippen LogP contribution in [0.1, 0.15) is 29.2 Å². The van der Waals surface area contributed by atoms with Gasteiger partial charge in [0.05, 0.1) is 30.6 Å². The number of ether oxygens (including phenoxy) is 1. The number of fused-ring (bicyclic) bond motifs is 1. The Morgan fingerprint density at radius 2 is 1.67 bits per heavy atom. The van der Waals surface area contributed by atoms with E-state index in [1.165, 1.54) is 21.1 Å². The van der Waals surface area contributed by atoms with Gasteiger partial charge in [0.25, 0.3) is 11.7 Å². The van der Waals surface area contributed by atoms with Gasteiger partial charge in [0.1, 0.15) is 23.3 Å². The number of nitrogens with zero attached hydrogens (tertiary/aromatic N) is 4. The average molecular weight is 626 g/mol. The van der Waals surface area contributed by atoms with Crippen molar-refractivity contribution in [1.29, 1.82) is 0 Å². The lowest BCUT2D eigenvalue weighted by atomic mass is 10.0. The van der Waals surface area contributed by atoms with Crippen LogP contribution in [0.15, 0.2) is 78.2 Å². The molecule has 0 fully saturated rings. The van der Waals surface area contributed by atoms with Crippen molar-refractivity contribution in [2.45, 2.75) is 26.4 Å². The lowest BCUT2D eigenvalue weighted by Crippen LogP contribution is -2.53. The molecule has 1 aliphatic heterocycles. The number of aromatic nitrogens is 1. The molecule has 1 aliphatic rings. The number of Topliss-reactive ketones (excluding diaryl/α,β-unsaturated/α-hetero) is 1. The maximum absolute atomic E-state index is 14.1. The Labute approximate surface area is 266 Å². The van der Waals surface area contributed by atoms with E-state index in [1.807, 2.05) is 86.8 Å². The Morgan fingerprint density at radius 1 is 0.978 bits per heavy atom. The summed E-state index contributed by atoms with van der Waals surface area (Å²) in [6.07, 6.45) is 0. The first-order valence-electron chi connectivity index (χ1n) is 14.5. The van der Waals surface area contributed by atoms with Crippen LogP contribution in [-0.4, -0.2) is 67.2 Å². The molecule has 2 heterocycles. The van der Waals surface area contributed by atoms with E-state index in [1.54, 1.807) is 31.4 Å². The fourth-order valence-electron chi connectivity index (χ4n) is 5.26. The summed E-state index contributed by atoms with van der Waals surface area (Å²) in [7, 11) is 5.47. The van der Waals surface area contributed by atoms with E-state index in [4.69, 9.17) is 9.72 Å². The van der Waals surface area contributed by atoms with E-state index < -0.39 is 30.2 Å². The van der Waals surface area contributed by atoms with Gasteiger partial charge in [-0.3, -0.25) is 24.1 Å². The predicted octanol–water partition coefficient (Wildman–Crippen LogP) is 5.11. The summed E-state index contributed by atoms with van der Waals surface area (Å²) in [5.41, 5.74) is 3.81. The van der Waals surface area contributed by atoms with Crippen molar-refractivity contribution in [2.24, 2.45) is 5.92 Å². The SMILES string of the molecule is COc1ccc(-c2csc(CN(C(=O)CN3C(=O)C(=O)c4ccccc43)C(C(=O)Nc3ccc(N(C)C)cc3)C(C)C)n2)cc1. The third-order valence-corrected chi connectivity index (χ3v) is 8.46. The second kappa shape index (κ2) is 13.3. The van der Waals surface area contributed by atoms with E-state index in [-0.39, 0.29) is 23.9 Å². The van der Waals surface area contributed by atoms with Crippen molar-refractivity contribution in [3.05, 3.63) is 88.7 Å². The zero-order chi connectivity index (χ0) is 32.2. The van der Waals surface area contributed by atoms with Crippen LogP contribution in [0.2, 0.25) is 0 Å². The first-order valence-corrected chi connectivity index (χ1v) is 15.4. The molecule has 3 amide bonds. The summed E-state index contributed by atoms with van der Waals surface area (Å²) in [6.45, 7) is 3.37. The minimum Gasteiger partial charge on any atom is -0.497 e. The number of para-hydroxylation sites is 1. The molecule has 10 nitrogen and oxygen atoms in total. The number of nitrogens with one attached hydrogen (secondary N) is 1. The van der Waals surface area contributed by atoms with Gasteiger partial charge in [-0.25, -0.2) is 4.98 Å². The highest BCUT2D eigenvalue weighted by Gasteiger charge is 2.40. The van der Waals surface area contributed by atoms with Gasteiger partial charge < -0.3 is 19.9 Å². The molecular weight excluding hydrogens is 590 g/mol. The lowest BCUT2D eigenvalue weighted by molar-refractivity contribution is -0.140. The fraction of sp³-hybridized carbons (Fsp3) is 0.265. The van der Waals surface area contributed by atoms with E-state index in [2.05, 4.69) is 5.32 Å². The second-order valence-corrected chi connectivity index (χ2v) is 12.2. The van der Waals surface area contributed by atoms with Gasteiger partial charge in [-0.2, -0.15) is 0 Å². The van der Waals surface area contributed by atoms with Crippen molar-refractivity contribution < 1.29 is 23.9 Å². The first kappa shape index (κ1) is 31.4. The smallest absolute Gasteiger partial charge is 0.299 e. The largest absolute Gasteiger partial charge is 0.497 e. The van der Waals surface area contributed by atoms with Gasteiger partial charge in [0.15, 0.2) is 0 Å². The van der Waals surface area contributed by atoms with Crippen molar-refractivity contribution in [3.8, 4) is 17.0 Å². The third kappa shape index (κ3) is 6.73. The van der Waals surface area contributed by atoms with Gasteiger partial charge in [0.2, 0.25) is 11.8 Å². The quantitative estimate of drug-likeness (QED) is 0.231. The normalized spacial score (nSPS) is 13.1. The minimum absolute atomic E-state index is 0.0348. The van der Waals surface area contributed by atoms with Crippen molar-refractivity contribution in [3.63, 3.8) is 0 Å². The molecule has 4 aromatic rings. The molecule has 11 heteroatoms. The number of thiazole rings is 1. The minimum atomic E-state index is -0.900. The second-order valence-electron chi connectivity index (χ2n) is 11.2. The molecule has 3 aromatic carbocycles. The molecule has 0 saturated carbocycles. The van der Waals surface area contributed by atoms with E-state index in [0.717, 1.165) is 22.7 Å². The van der Waals surface area contributed by atoms with Crippen LogP contribution in [-0.2, 0) is 20.9 Å². The topological polar surface area (TPSA) is 112 Å². The maximum Gasteiger partial charge on any atom is 0.299 e. The van der Waals surface area contributed by atoms with Crippen LogP contribution in [0.5, 0.6) is 5.75 Å². The lowest BCUT2D eigenvalue weighted by Gasteiger charge is -2.34. The molecule has 1 aromatic heterocycles. The van der Waals surface area contributed by atoms with Gasteiger partial charge in [-0.15, -0.1) is 11.3 Å². The number of carbonyl (C=O) groups excluding carboxylic acids is 4. The molecule has 5 rings (SSSR count). The first-order chi connectivity index (χ1) is 21.6. The van der Waals surface area contributed by atoms with Crippen LogP contribution >= 0.6 is 11.3 Å². The highest BCUT2D eigenvalue weighted by Crippen LogP contribution is 2.30. The highest BCUT2D eigenvalue weighted by molar-refractivity contribution is 7.09. The molecule has 1 atom stereocenters. The number of carbonyl (C=O) groups is 4. The summed E-state index contributed by atoms with van der Waals surface area (Å²) in [5.74, 6) is -1.85. The Hall–Kier alpha value is -5.03. The van der Waals surface area contributed by atoms with Gasteiger partial charge in [-0.05, 0) is 66.6 Å². The van der Waals surface area contributed by atoms with Gasteiger partial charge >= 0.3 is 0 Å². The number of rotatable bonds is 11. The summed E-state index contributed by atoms with van der Waals surface area (Å²) < 4.78 is 5.26. The third-order valence-electron chi connectivity index (χ3n) is 7.62. The molecule has 0 aliphatic carbocycles. The summed E-state index contributed by atoms with van der Waals surface area (Å²) in [5, 5.41) is 5.48. The number of hydrogen-bond acceptors (Lipinski definition) is 8. The highest BCUT2D eigenvalue weighted by atomic mass is 32.1. The molecule has 232 valence electrons. The molecule has 0 spiro atoms. The summed E-state index contributed by atoms with van der Waals surface area (Å²) >= 11 is 1.37. The number of methoxy groups -OCH3 is 1. The van der Waals surface area contributed by atoms with Crippen LogP contribution in [0.25, 0.3) is 11.3 Å². The standard InChI is InChI=1S/C34H35N5O5S/c1-21(2)31(33(42)35-23-12-14-24(15-13-23)37(3)4)39(18-29-36-27(20-45-29)22-10-16-25(44-5)17-11-22)30(40)19-38-28-9-7-6-8-26(28)32(41)34(38)43/h6-17,20-21,31H,18-19H2,1-5H3,(H,35,42). The molecule has 1 unspecified atom stereocenters. The molecule has 1 N–H and O–H groups in total. The molecule has 0 saturated heterocycles. The summed E-state index contributed by atoms with van der Waals surface area (Å²) in [4.78, 5) is 63.0. The molecule has 0 radical (unpaired) electrons. The van der Waals surface area contributed by atoms with Crippen molar-refractivity contribution in [1.82, 2.24) is 9.88 Å². The number of ketones is 1. The van der Waals surface area contributed by atoms with Crippen molar-refractivity contribution >= 4 is 51.9 Å². The summed E-state index contributed by atoms with van der Waals surface area (Å²) in [6, 6.07) is 20.6. The van der Waals surface area contributed by atoms with Crippen LogP contribution < -0.4 is 19.9 Å². The van der Waals surface area contributed by atoms with Crippen LogP contribution in [0.4, 0.5) is 17.1 Å². The Bertz CT molecular complexity index is 1720. The number of amides is 3.